The van der Waals surface area contributed by atoms with Crippen LogP contribution in [0.5, 0.6) is 11.5 Å². The van der Waals surface area contributed by atoms with E-state index in [4.69, 9.17) is 38.6 Å². The van der Waals surface area contributed by atoms with Crippen molar-refractivity contribution in [2.75, 3.05) is 0 Å². The van der Waals surface area contributed by atoms with Crippen molar-refractivity contribution in [1.29, 1.82) is 0 Å². The minimum absolute atomic E-state index is 0.0912. The van der Waals surface area contributed by atoms with Gasteiger partial charge in [-0.15, -0.1) is 0 Å². The molecule has 7 heteroatoms. The van der Waals surface area contributed by atoms with Crippen LogP contribution in [0.1, 0.15) is 5.56 Å². The van der Waals surface area contributed by atoms with Gasteiger partial charge in [-0.2, -0.15) is 0 Å². The quantitative estimate of drug-likeness (QED) is 0.729. The monoisotopic (exact) mass is 350 g/mol. The van der Waals surface area contributed by atoms with E-state index in [2.05, 4.69) is 0 Å². The molecule has 0 aromatic heterocycles. The third-order valence-electron chi connectivity index (χ3n) is 2.49. The molecule has 2 rings (SSSR count). The van der Waals surface area contributed by atoms with E-state index < -0.39 is 9.05 Å². The molecule has 0 bridgehead atoms. The molecule has 0 aliphatic rings. The van der Waals surface area contributed by atoms with E-state index in [0.29, 0.717) is 16.5 Å². The van der Waals surface area contributed by atoms with Gasteiger partial charge in [0.05, 0.1) is 14.9 Å². The zero-order chi connectivity index (χ0) is 14.9. The molecule has 0 saturated carbocycles. The van der Waals surface area contributed by atoms with Crippen molar-refractivity contribution in [1.82, 2.24) is 0 Å². The first-order valence-corrected chi connectivity index (χ1v) is 8.52. The molecule has 0 atom stereocenters. The molecule has 106 valence electrons. The Labute approximate surface area is 131 Å². The molecule has 0 fully saturated rings. The van der Waals surface area contributed by atoms with Crippen LogP contribution in [0.4, 0.5) is 0 Å². The van der Waals surface area contributed by atoms with E-state index >= 15 is 0 Å². The molecular formula is C13H9Cl3O3S. The molecule has 0 saturated heterocycles. The van der Waals surface area contributed by atoms with Crippen LogP contribution in [-0.2, 0) is 9.05 Å². The SMILES string of the molecule is Cc1ccc(Oc2ccc(S(=O)(=O)Cl)cc2Cl)c(Cl)c1. The average molecular weight is 352 g/mol. The van der Waals surface area contributed by atoms with E-state index in [0.717, 1.165) is 5.56 Å². The van der Waals surface area contributed by atoms with Gasteiger partial charge < -0.3 is 4.74 Å². The normalized spacial score (nSPS) is 11.4. The van der Waals surface area contributed by atoms with Crippen molar-refractivity contribution >= 4 is 42.9 Å². The summed E-state index contributed by atoms with van der Waals surface area (Å²) in [7, 11) is 1.41. The first-order valence-electron chi connectivity index (χ1n) is 5.45. The Morgan fingerprint density at radius 3 is 2.00 bits per heavy atom. The summed E-state index contributed by atoms with van der Waals surface area (Å²) in [5.74, 6) is 0.724. The second-order valence-electron chi connectivity index (χ2n) is 4.07. The maximum Gasteiger partial charge on any atom is 0.261 e. The Hall–Kier alpha value is -0.940. The van der Waals surface area contributed by atoms with Crippen LogP contribution >= 0.6 is 33.9 Å². The number of benzene rings is 2. The summed E-state index contributed by atoms with van der Waals surface area (Å²) in [5.41, 5.74) is 0.997. The van der Waals surface area contributed by atoms with Gasteiger partial charge in [0.25, 0.3) is 9.05 Å². The minimum atomic E-state index is -3.82. The molecular weight excluding hydrogens is 343 g/mol. The first-order chi connectivity index (χ1) is 9.27. The van der Waals surface area contributed by atoms with Crippen molar-refractivity contribution in [3.05, 3.63) is 52.0 Å². The van der Waals surface area contributed by atoms with Crippen LogP contribution in [0.15, 0.2) is 41.3 Å². The highest BCUT2D eigenvalue weighted by atomic mass is 35.7. The number of rotatable bonds is 3. The Kier molecular flexibility index (Phi) is 4.49. The summed E-state index contributed by atoms with van der Waals surface area (Å²) in [4.78, 5) is -0.0912. The maximum atomic E-state index is 11.2. The van der Waals surface area contributed by atoms with Gasteiger partial charge in [0.1, 0.15) is 11.5 Å². The highest BCUT2D eigenvalue weighted by Gasteiger charge is 2.14. The number of ether oxygens (including phenoxy) is 1. The molecule has 0 aliphatic heterocycles. The Morgan fingerprint density at radius 1 is 0.950 bits per heavy atom. The lowest BCUT2D eigenvalue weighted by molar-refractivity contribution is 0.482. The van der Waals surface area contributed by atoms with Gasteiger partial charge in [-0.25, -0.2) is 8.42 Å². The summed E-state index contributed by atoms with van der Waals surface area (Å²) in [6, 6.07) is 9.26. The number of halogens is 3. The fraction of sp³-hybridized carbons (Fsp3) is 0.0769. The molecule has 0 aliphatic carbocycles. The minimum Gasteiger partial charge on any atom is -0.454 e. The van der Waals surface area contributed by atoms with E-state index in [1.807, 2.05) is 13.0 Å². The number of aryl methyl sites for hydroxylation is 1. The van der Waals surface area contributed by atoms with Gasteiger partial charge in [0, 0.05) is 10.7 Å². The molecule has 20 heavy (non-hydrogen) atoms. The van der Waals surface area contributed by atoms with Gasteiger partial charge in [-0.3, -0.25) is 0 Å². The summed E-state index contributed by atoms with van der Waals surface area (Å²) < 4.78 is 27.9. The second-order valence-corrected chi connectivity index (χ2v) is 7.45. The molecule has 0 unspecified atom stereocenters. The van der Waals surface area contributed by atoms with Gasteiger partial charge >= 0.3 is 0 Å². The van der Waals surface area contributed by atoms with Gasteiger partial charge in [-0.1, -0.05) is 29.3 Å². The lowest BCUT2D eigenvalue weighted by Crippen LogP contribution is -1.92. The third-order valence-corrected chi connectivity index (χ3v) is 4.43. The van der Waals surface area contributed by atoms with Crippen molar-refractivity contribution in [3.63, 3.8) is 0 Å². The highest BCUT2D eigenvalue weighted by Crippen LogP contribution is 2.35. The second kappa shape index (κ2) is 5.82. The standard InChI is InChI=1S/C13H9Cl3O3S/c1-8-2-4-12(10(14)6-8)19-13-5-3-9(7-11(13)15)20(16,17)18/h2-7H,1H3. The Bertz CT molecular complexity index is 757. The zero-order valence-electron chi connectivity index (χ0n) is 10.2. The van der Waals surface area contributed by atoms with Gasteiger partial charge in [-0.05, 0) is 42.8 Å². The highest BCUT2D eigenvalue weighted by molar-refractivity contribution is 8.13. The van der Waals surface area contributed by atoms with Crippen molar-refractivity contribution in [3.8, 4) is 11.5 Å². The molecule has 0 heterocycles. The smallest absolute Gasteiger partial charge is 0.261 e. The summed E-state index contributed by atoms with van der Waals surface area (Å²) in [6.07, 6.45) is 0. The van der Waals surface area contributed by atoms with Crippen molar-refractivity contribution in [2.45, 2.75) is 11.8 Å². The fourth-order valence-corrected chi connectivity index (χ4v) is 2.86. The van der Waals surface area contributed by atoms with Crippen LogP contribution in [0.3, 0.4) is 0 Å². The molecule has 0 spiro atoms. The molecule has 2 aromatic rings. The molecule has 0 N–H and O–H groups in total. The fourth-order valence-electron chi connectivity index (χ4n) is 1.52. The Morgan fingerprint density at radius 2 is 1.50 bits per heavy atom. The summed E-state index contributed by atoms with van der Waals surface area (Å²) >= 11 is 12.0. The predicted octanol–water partition coefficient (Wildman–Crippen LogP) is 5.02. The van der Waals surface area contributed by atoms with Crippen molar-refractivity contribution < 1.29 is 13.2 Å². The van der Waals surface area contributed by atoms with E-state index in [9.17, 15) is 8.42 Å². The lowest BCUT2D eigenvalue weighted by atomic mass is 10.2. The van der Waals surface area contributed by atoms with Crippen LogP contribution in [-0.4, -0.2) is 8.42 Å². The van der Waals surface area contributed by atoms with Crippen LogP contribution < -0.4 is 4.74 Å². The zero-order valence-corrected chi connectivity index (χ0v) is 13.3. The third kappa shape index (κ3) is 3.58. The molecule has 0 radical (unpaired) electrons. The van der Waals surface area contributed by atoms with E-state index in [1.54, 1.807) is 12.1 Å². The van der Waals surface area contributed by atoms with Crippen LogP contribution in [0.25, 0.3) is 0 Å². The predicted molar refractivity (Wildman–Crippen MR) is 80.8 cm³/mol. The molecule has 3 nitrogen and oxygen atoms in total. The Balaban J connectivity index is 2.35. The van der Waals surface area contributed by atoms with Crippen LogP contribution in [0.2, 0.25) is 10.0 Å². The number of hydrogen-bond acceptors (Lipinski definition) is 3. The molecule has 0 amide bonds. The first kappa shape index (κ1) is 15.4. The average Bonchev–Trinajstić information content (AvgIpc) is 2.33. The topological polar surface area (TPSA) is 43.4 Å². The van der Waals surface area contributed by atoms with Crippen LogP contribution in [0, 0.1) is 6.92 Å². The lowest BCUT2D eigenvalue weighted by Gasteiger charge is -2.10. The van der Waals surface area contributed by atoms with E-state index in [-0.39, 0.29) is 9.92 Å². The van der Waals surface area contributed by atoms with Gasteiger partial charge in [0.15, 0.2) is 0 Å². The van der Waals surface area contributed by atoms with E-state index in [1.165, 1.54) is 18.2 Å². The largest absolute Gasteiger partial charge is 0.454 e. The summed E-state index contributed by atoms with van der Waals surface area (Å²) in [6.45, 7) is 1.91. The number of hydrogen-bond donors (Lipinski definition) is 0. The van der Waals surface area contributed by atoms with Crippen molar-refractivity contribution in [2.24, 2.45) is 0 Å². The van der Waals surface area contributed by atoms with Gasteiger partial charge in [0.2, 0.25) is 0 Å². The summed E-state index contributed by atoms with van der Waals surface area (Å²) in [5, 5.41) is 0.568. The molecule has 2 aromatic carbocycles. The maximum absolute atomic E-state index is 11.2.